The molecule has 21 heavy (non-hydrogen) atoms. The van der Waals surface area contributed by atoms with Crippen molar-refractivity contribution in [3.63, 3.8) is 0 Å². The number of hydrogen-bond donors (Lipinski definition) is 1. The number of rotatable bonds is 16. The molecule has 121 valence electrons. The van der Waals surface area contributed by atoms with Crippen molar-refractivity contribution < 1.29 is 28.2 Å². The van der Waals surface area contributed by atoms with Crippen LogP contribution in [0, 0.1) is 0 Å². The number of unbranched alkanes of at least 4 members (excludes halogenated alkanes) is 11. The molecule has 0 aliphatic rings. The third-order valence-corrected chi connectivity index (χ3v) is 6.40. The van der Waals surface area contributed by atoms with Crippen LogP contribution in [0.15, 0.2) is 0 Å². The molecule has 0 aliphatic carbocycles. The Morgan fingerprint density at radius 2 is 1.19 bits per heavy atom. The number of carboxylic acid groups (broad SMARTS) is 1. The first-order valence-electron chi connectivity index (χ1n) is 9.21. The predicted molar refractivity (Wildman–Crippen MR) is 86.3 cm³/mol. The van der Waals surface area contributed by atoms with Crippen LogP contribution in [0.2, 0.25) is 4.51 Å². The maximum atomic E-state index is 10.4. The van der Waals surface area contributed by atoms with Crippen LogP contribution in [0.4, 0.5) is 0 Å². The summed E-state index contributed by atoms with van der Waals surface area (Å²) >= 11 is 1.48. The summed E-state index contributed by atoms with van der Waals surface area (Å²) in [6.07, 6.45) is 18.9. The molecule has 3 heteroatoms. The van der Waals surface area contributed by atoms with E-state index in [1.165, 1.54) is 95.4 Å². The molecule has 0 bridgehead atoms. The van der Waals surface area contributed by atoms with E-state index in [1.54, 1.807) is 0 Å². The number of hydrogen-bond acceptors (Lipinski definition) is 1. The van der Waals surface area contributed by atoms with Crippen LogP contribution in [-0.4, -0.2) is 11.1 Å². The molecular weight excluding hydrogens is 314 g/mol. The van der Waals surface area contributed by atoms with Gasteiger partial charge in [-0.05, 0) is 6.42 Å². The zero-order chi connectivity index (χ0) is 15.8. The Morgan fingerprint density at radius 1 is 0.810 bits per heavy atom. The van der Waals surface area contributed by atoms with Gasteiger partial charge in [0, 0.05) is 6.42 Å². The quantitative estimate of drug-likeness (QED) is 0.263. The molecule has 0 aromatic rings. The van der Waals surface area contributed by atoms with Crippen molar-refractivity contribution in [1.82, 2.24) is 0 Å². The number of aliphatic carboxylic acids is 1. The molecule has 1 N–H and O–H groups in total. The van der Waals surface area contributed by atoms with Crippen molar-refractivity contribution in [3.05, 3.63) is 0 Å². The average molecular weight is 349 g/mol. The first-order chi connectivity index (χ1) is 10.2. The summed E-state index contributed by atoms with van der Waals surface area (Å²) in [6, 6.07) is 0. The molecule has 0 heterocycles. The number of carbonyl (C=O) groups is 1. The summed E-state index contributed by atoms with van der Waals surface area (Å²) < 4.78 is 1.04. The Labute approximate surface area is 142 Å². The van der Waals surface area contributed by atoms with E-state index < -0.39 is 5.97 Å². The van der Waals surface area contributed by atoms with Crippen LogP contribution in [-0.2, 0) is 23.1 Å². The minimum absolute atomic E-state index is 0.346. The molecule has 0 rings (SSSR count). The second-order valence-electron chi connectivity index (χ2n) is 6.45. The van der Waals surface area contributed by atoms with Gasteiger partial charge in [0.2, 0.25) is 0 Å². The molecule has 0 aromatic carbocycles. The van der Waals surface area contributed by atoms with Crippen LogP contribution in [0.1, 0.15) is 103 Å². The van der Waals surface area contributed by atoms with Gasteiger partial charge in [-0.1, -0.05) is 6.42 Å². The van der Waals surface area contributed by atoms with Crippen molar-refractivity contribution in [2.75, 3.05) is 0 Å². The molecule has 0 radical (unpaired) electrons. The van der Waals surface area contributed by atoms with Gasteiger partial charge < -0.3 is 5.11 Å². The van der Waals surface area contributed by atoms with E-state index in [1.807, 2.05) is 0 Å². The van der Waals surface area contributed by atoms with Crippen molar-refractivity contribution in [3.8, 4) is 0 Å². The molecule has 0 spiro atoms. The molecule has 1 atom stereocenters. The Kier molecular flexibility index (Phi) is 16.5. The maximum absolute atomic E-state index is 10.4. The smallest absolute Gasteiger partial charge is 0.481 e. The molecule has 2 nitrogen and oxygen atoms in total. The first-order valence-corrected chi connectivity index (χ1v) is 10.9. The zero-order valence-electron chi connectivity index (χ0n) is 14.2. The van der Waals surface area contributed by atoms with Crippen molar-refractivity contribution in [2.45, 2.75) is 108 Å². The monoisotopic (exact) mass is 347 g/mol. The van der Waals surface area contributed by atoms with Crippen LogP contribution >= 0.6 is 0 Å². The van der Waals surface area contributed by atoms with Crippen LogP contribution in [0.5, 0.6) is 0 Å². The summed E-state index contributed by atoms with van der Waals surface area (Å²) in [5.41, 5.74) is 0. The Hall–Kier alpha value is 0.0934. The van der Waals surface area contributed by atoms with Gasteiger partial charge in [-0.25, -0.2) is 0 Å². The zero-order valence-corrected chi connectivity index (χ0v) is 17.2. The van der Waals surface area contributed by atoms with Gasteiger partial charge in [0.05, 0.1) is 0 Å². The van der Waals surface area contributed by atoms with Crippen molar-refractivity contribution in [2.24, 2.45) is 0 Å². The summed E-state index contributed by atoms with van der Waals surface area (Å²) in [5, 5.41) is 8.53. The topological polar surface area (TPSA) is 37.3 Å². The van der Waals surface area contributed by atoms with Crippen LogP contribution < -0.4 is 0 Å². The summed E-state index contributed by atoms with van der Waals surface area (Å²) in [7, 11) is 0. The molecular formula is C18H35O2Zn. The molecule has 0 amide bonds. The van der Waals surface area contributed by atoms with Gasteiger partial charge in [-0.3, -0.25) is 4.79 Å². The minimum Gasteiger partial charge on any atom is -0.481 e. The Morgan fingerprint density at radius 3 is 1.57 bits per heavy atom. The predicted octanol–water partition coefficient (Wildman–Crippen LogP) is 6.28. The fraction of sp³-hybridized carbons (Fsp3) is 0.944. The first kappa shape index (κ1) is 21.1. The van der Waals surface area contributed by atoms with Crippen LogP contribution in [0.25, 0.3) is 0 Å². The van der Waals surface area contributed by atoms with E-state index in [2.05, 4.69) is 6.92 Å². The Bertz CT molecular complexity index is 231. The SMILES string of the molecule is CC[CH]([Zn])CCCCCCCCCCCCCCC(=O)O. The molecule has 0 fully saturated rings. The van der Waals surface area contributed by atoms with E-state index in [0.29, 0.717) is 6.42 Å². The van der Waals surface area contributed by atoms with E-state index in [4.69, 9.17) is 5.11 Å². The number of carboxylic acids is 1. The fourth-order valence-electron chi connectivity index (χ4n) is 2.68. The normalized spacial score (nSPS) is 12.5. The summed E-state index contributed by atoms with van der Waals surface area (Å²) in [4.78, 5) is 10.4. The Balaban J connectivity index is 3.01. The summed E-state index contributed by atoms with van der Waals surface area (Å²) in [5.74, 6) is -0.652. The van der Waals surface area contributed by atoms with E-state index in [-0.39, 0.29) is 0 Å². The average Bonchev–Trinajstić information content (AvgIpc) is 2.46. The van der Waals surface area contributed by atoms with Gasteiger partial charge in [0.15, 0.2) is 0 Å². The summed E-state index contributed by atoms with van der Waals surface area (Å²) in [6.45, 7) is 2.32. The second kappa shape index (κ2) is 16.5. The van der Waals surface area contributed by atoms with Crippen molar-refractivity contribution >= 4 is 5.97 Å². The minimum atomic E-state index is -0.652. The second-order valence-corrected chi connectivity index (χ2v) is 8.87. The van der Waals surface area contributed by atoms with Gasteiger partial charge >= 0.3 is 113 Å². The standard InChI is InChI=1S/C18H35O2.Zn/c1-2-3-4-5-6-7-8-9-10-11-12-13-14-15-16-17-18(19)20;/h3H,2,4-17H2,1H3,(H,19,20);. The van der Waals surface area contributed by atoms with Gasteiger partial charge in [-0.15, -0.1) is 0 Å². The third-order valence-electron chi connectivity index (χ3n) is 4.33. The molecule has 0 saturated carbocycles. The van der Waals surface area contributed by atoms with Crippen molar-refractivity contribution in [1.29, 1.82) is 0 Å². The van der Waals surface area contributed by atoms with E-state index >= 15 is 0 Å². The molecule has 0 saturated heterocycles. The van der Waals surface area contributed by atoms with Gasteiger partial charge in [-0.2, -0.15) is 0 Å². The molecule has 1 unspecified atom stereocenters. The third kappa shape index (κ3) is 18.0. The van der Waals surface area contributed by atoms with Crippen LogP contribution in [0.3, 0.4) is 0 Å². The molecule has 0 aromatic heterocycles. The van der Waals surface area contributed by atoms with Gasteiger partial charge in [0.1, 0.15) is 0 Å². The van der Waals surface area contributed by atoms with E-state index in [0.717, 1.165) is 17.4 Å². The fourth-order valence-corrected chi connectivity index (χ4v) is 3.29. The van der Waals surface area contributed by atoms with E-state index in [9.17, 15) is 4.79 Å². The van der Waals surface area contributed by atoms with Gasteiger partial charge in [0.25, 0.3) is 0 Å². The molecule has 0 aliphatic heterocycles.